The van der Waals surface area contributed by atoms with E-state index in [9.17, 15) is 4.21 Å². The summed E-state index contributed by atoms with van der Waals surface area (Å²) in [7, 11) is -1.14. The predicted octanol–water partition coefficient (Wildman–Crippen LogP) is 5.49. The molecule has 0 saturated carbocycles. The van der Waals surface area contributed by atoms with Crippen LogP contribution in [0.4, 0.5) is 0 Å². The summed E-state index contributed by atoms with van der Waals surface area (Å²) in [6.45, 7) is 0. The van der Waals surface area contributed by atoms with Gasteiger partial charge in [-0.3, -0.25) is 4.21 Å². The molecule has 6 heteroatoms. The molecule has 1 aromatic heterocycles. The van der Waals surface area contributed by atoms with Gasteiger partial charge in [-0.1, -0.05) is 47.5 Å². The van der Waals surface area contributed by atoms with Crippen LogP contribution in [0.2, 0.25) is 10.0 Å². The van der Waals surface area contributed by atoms with Gasteiger partial charge in [-0.05, 0) is 35.4 Å². The SMILES string of the molecule is O=S(Cc1nccs1)C(c1ccc(Cl)cc1)c1ccc(Cl)cc1. The maximum atomic E-state index is 13.0. The van der Waals surface area contributed by atoms with Crippen LogP contribution in [0.5, 0.6) is 0 Å². The van der Waals surface area contributed by atoms with Crippen molar-refractivity contribution in [2.24, 2.45) is 0 Å². The van der Waals surface area contributed by atoms with Gasteiger partial charge in [0.25, 0.3) is 0 Å². The van der Waals surface area contributed by atoms with Gasteiger partial charge in [-0.15, -0.1) is 11.3 Å². The molecule has 0 aliphatic carbocycles. The van der Waals surface area contributed by atoms with Crippen LogP contribution in [0.3, 0.4) is 0 Å². The summed E-state index contributed by atoms with van der Waals surface area (Å²) < 4.78 is 13.0. The molecule has 0 N–H and O–H groups in total. The minimum Gasteiger partial charge on any atom is -0.258 e. The molecule has 3 rings (SSSR count). The second-order valence-electron chi connectivity index (χ2n) is 4.93. The normalized spacial score (nSPS) is 12.5. The Labute approximate surface area is 151 Å². The Balaban J connectivity index is 1.97. The summed E-state index contributed by atoms with van der Waals surface area (Å²) in [6.07, 6.45) is 1.73. The van der Waals surface area contributed by atoms with E-state index < -0.39 is 10.8 Å². The third-order valence-electron chi connectivity index (χ3n) is 3.36. The molecule has 0 fully saturated rings. The lowest BCUT2D eigenvalue weighted by atomic mass is 10.0. The smallest absolute Gasteiger partial charge is 0.105 e. The number of halogens is 2. The van der Waals surface area contributed by atoms with Crippen molar-refractivity contribution in [3.63, 3.8) is 0 Å². The van der Waals surface area contributed by atoms with Crippen molar-refractivity contribution in [2.45, 2.75) is 11.0 Å². The van der Waals surface area contributed by atoms with E-state index in [0.29, 0.717) is 15.8 Å². The molecule has 0 spiro atoms. The molecular formula is C17H13Cl2NOS2. The molecule has 0 amide bonds. The van der Waals surface area contributed by atoms with Gasteiger partial charge in [0.2, 0.25) is 0 Å². The number of thiazole rings is 1. The van der Waals surface area contributed by atoms with Gasteiger partial charge in [0.1, 0.15) is 5.01 Å². The summed E-state index contributed by atoms with van der Waals surface area (Å²) in [4.78, 5) is 4.24. The molecular weight excluding hydrogens is 369 g/mol. The van der Waals surface area contributed by atoms with Crippen molar-refractivity contribution in [2.75, 3.05) is 0 Å². The van der Waals surface area contributed by atoms with Gasteiger partial charge in [0, 0.05) is 32.4 Å². The third-order valence-corrected chi connectivity index (χ3v) is 6.45. The van der Waals surface area contributed by atoms with E-state index in [4.69, 9.17) is 23.2 Å². The van der Waals surface area contributed by atoms with Gasteiger partial charge < -0.3 is 0 Å². The zero-order chi connectivity index (χ0) is 16.2. The predicted molar refractivity (Wildman–Crippen MR) is 98.7 cm³/mol. The second kappa shape index (κ2) is 7.58. The van der Waals surface area contributed by atoms with Crippen LogP contribution >= 0.6 is 34.5 Å². The minimum absolute atomic E-state index is 0.242. The Bertz CT molecular complexity index is 741. The van der Waals surface area contributed by atoms with Crippen LogP contribution in [0, 0.1) is 0 Å². The van der Waals surface area contributed by atoms with Crippen molar-refractivity contribution in [3.05, 3.63) is 86.3 Å². The highest BCUT2D eigenvalue weighted by Crippen LogP contribution is 2.31. The number of benzene rings is 2. The zero-order valence-electron chi connectivity index (χ0n) is 12.0. The highest BCUT2D eigenvalue weighted by molar-refractivity contribution is 7.84. The summed E-state index contributed by atoms with van der Waals surface area (Å²) in [5.74, 6) is 0.424. The molecule has 3 aromatic rings. The van der Waals surface area contributed by atoms with E-state index in [0.717, 1.165) is 16.1 Å². The van der Waals surface area contributed by atoms with E-state index in [1.54, 1.807) is 6.20 Å². The fraction of sp³-hybridized carbons (Fsp3) is 0.118. The fourth-order valence-electron chi connectivity index (χ4n) is 2.30. The van der Waals surface area contributed by atoms with E-state index >= 15 is 0 Å². The first-order chi connectivity index (χ1) is 11.1. The number of rotatable bonds is 5. The fourth-order valence-corrected chi connectivity index (χ4v) is 4.98. The highest BCUT2D eigenvalue weighted by Gasteiger charge is 2.22. The summed E-state index contributed by atoms with van der Waals surface area (Å²) in [5, 5.41) is 3.85. The van der Waals surface area contributed by atoms with Gasteiger partial charge in [0.05, 0.1) is 11.0 Å². The maximum Gasteiger partial charge on any atom is 0.105 e. The monoisotopic (exact) mass is 381 g/mol. The minimum atomic E-state index is -1.14. The topological polar surface area (TPSA) is 30.0 Å². The summed E-state index contributed by atoms with van der Waals surface area (Å²) >= 11 is 13.5. The van der Waals surface area contributed by atoms with Crippen LogP contribution in [0.15, 0.2) is 60.1 Å². The van der Waals surface area contributed by atoms with Crippen molar-refractivity contribution in [1.82, 2.24) is 4.98 Å². The van der Waals surface area contributed by atoms with Crippen LogP contribution in [0.25, 0.3) is 0 Å². The highest BCUT2D eigenvalue weighted by atomic mass is 35.5. The molecule has 1 atom stereocenters. The van der Waals surface area contributed by atoms with Gasteiger partial charge in [-0.2, -0.15) is 0 Å². The molecule has 1 unspecified atom stereocenters. The lowest BCUT2D eigenvalue weighted by Gasteiger charge is -2.17. The number of aromatic nitrogens is 1. The molecule has 118 valence electrons. The molecule has 1 heterocycles. The van der Waals surface area contributed by atoms with Crippen molar-refractivity contribution >= 4 is 45.3 Å². The first-order valence-electron chi connectivity index (χ1n) is 6.90. The zero-order valence-corrected chi connectivity index (χ0v) is 15.1. The molecule has 0 aliphatic rings. The van der Waals surface area contributed by atoms with Crippen molar-refractivity contribution in [3.8, 4) is 0 Å². The molecule has 0 saturated heterocycles. The largest absolute Gasteiger partial charge is 0.258 e. The molecule has 2 aromatic carbocycles. The average Bonchev–Trinajstić information content (AvgIpc) is 3.04. The van der Waals surface area contributed by atoms with Gasteiger partial charge in [0.15, 0.2) is 0 Å². The number of hydrogen-bond donors (Lipinski definition) is 0. The van der Waals surface area contributed by atoms with E-state index in [1.807, 2.05) is 53.9 Å². The van der Waals surface area contributed by atoms with Gasteiger partial charge in [-0.25, -0.2) is 4.98 Å². The lowest BCUT2D eigenvalue weighted by Crippen LogP contribution is -2.10. The standard InChI is InChI=1S/C17H13Cl2NOS2/c18-14-5-1-12(2-6-14)17(13-3-7-15(19)8-4-13)23(21)11-16-20-9-10-22-16/h1-10,17H,11H2. The van der Waals surface area contributed by atoms with E-state index in [1.165, 1.54) is 11.3 Å². The summed E-state index contributed by atoms with van der Waals surface area (Å²) in [6, 6.07) is 15.0. The number of nitrogens with zero attached hydrogens (tertiary/aromatic N) is 1. The van der Waals surface area contributed by atoms with E-state index in [-0.39, 0.29) is 5.25 Å². The molecule has 0 aliphatic heterocycles. The lowest BCUT2D eigenvalue weighted by molar-refractivity contribution is 0.677. The Kier molecular flexibility index (Phi) is 5.49. The molecule has 23 heavy (non-hydrogen) atoms. The Morgan fingerprint density at radius 1 is 0.957 bits per heavy atom. The number of hydrogen-bond acceptors (Lipinski definition) is 3. The van der Waals surface area contributed by atoms with Crippen LogP contribution in [-0.4, -0.2) is 9.19 Å². The van der Waals surface area contributed by atoms with Gasteiger partial charge >= 0.3 is 0 Å². The van der Waals surface area contributed by atoms with Crippen molar-refractivity contribution < 1.29 is 4.21 Å². The quantitative estimate of drug-likeness (QED) is 0.584. The van der Waals surface area contributed by atoms with E-state index in [2.05, 4.69) is 4.98 Å². The Hall–Kier alpha value is -1.20. The Morgan fingerprint density at radius 2 is 1.48 bits per heavy atom. The first-order valence-corrected chi connectivity index (χ1v) is 9.92. The Morgan fingerprint density at radius 3 is 1.91 bits per heavy atom. The third kappa shape index (κ3) is 4.21. The molecule has 2 nitrogen and oxygen atoms in total. The molecule has 0 radical (unpaired) electrons. The molecule has 0 bridgehead atoms. The van der Waals surface area contributed by atoms with Crippen LogP contribution in [0.1, 0.15) is 21.4 Å². The van der Waals surface area contributed by atoms with Crippen LogP contribution < -0.4 is 0 Å². The summed E-state index contributed by atoms with van der Waals surface area (Å²) in [5.41, 5.74) is 1.93. The average molecular weight is 382 g/mol. The van der Waals surface area contributed by atoms with Crippen molar-refractivity contribution in [1.29, 1.82) is 0 Å². The van der Waals surface area contributed by atoms with Crippen LogP contribution in [-0.2, 0) is 16.6 Å². The first kappa shape index (κ1) is 16.7. The second-order valence-corrected chi connectivity index (χ2v) is 8.31. The maximum absolute atomic E-state index is 13.0.